The Morgan fingerprint density at radius 2 is 1.83 bits per heavy atom. The summed E-state index contributed by atoms with van der Waals surface area (Å²) in [6, 6.07) is 8.60. The van der Waals surface area contributed by atoms with Gasteiger partial charge in [-0.2, -0.15) is 0 Å². The molecule has 0 aromatic heterocycles. The molecule has 0 bridgehead atoms. The van der Waals surface area contributed by atoms with Crippen molar-refractivity contribution in [3.63, 3.8) is 0 Å². The highest BCUT2D eigenvalue weighted by molar-refractivity contribution is 5.80. The van der Waals surface area contributed by atoms with E-state index in [1.807, 2.05) is 13.0 Å². The van der Waals surface area contributed by atoms with Crippen LogP contribution in [0.2, 0.25) is 0 Å². The lowest BCUT2D eigenvalue weighted by Gasteiger charge is -2.28. The van der Waals surface area contributed by atoms with Crippen molar-refractivity contribution in [1.29, 1.82) is 0 Å². The molecule has 0 saturated carbocycles. The second-order valence-electron chi connectivity index (χ2n) is 5.29. The van der Waals surface area contributed by atoms with Crippen molar-refractivity contribution in [2.24, 2.45) is 0 Å². The molecule has 0 N–H and O–H groups in total. The van der Waals surface area contributed by atoms with Crippen LogP contribution in [0.25, 0.3) is 6.08 Å². The Morgan fingerprint density at radius 1 is 1.22 bits per heavy atom. The third kappa shape index (κ3) is 3.56. The Bertz CT molecular complexity index is 414. The zero-order chi connectivity index (χ0) is 13.6. The first kappa shape index (κ1) is 14.7. The summed E-state index contributed by atoms with van der Waals surface area (Å²) in [4.78, 5) is 10.6. The van der Waals surface area contributed by atoms with Crippen LogP contribution in [0.15, 0.2) is 29.8 Å². The molecule has 0 aliphatic heterocycles. The Balaban J connectivity index is 2.97. The van der Waals surface area contributed by atoms with E-state index in [4.69, 9.17) is 0 Å². The SMILES string of the molecule is CCCC(C)(CC)c1ccc(/C=C(\C)C=O)cc1. The van der Waals surface area contributed by atoms with Crippen LogP contribution < -0.4 is 0 Å². The Hall–Kier alpha value is -1.37. The molecular formula is C17H24O. The molecule has 1 unspecified atom stereocenters. The molecule has 98 valence electrons. The van der Waals surface area contributed by atoms with Gasteiger partial charge in [-0.25, -0.2) is 0 Å². The van der Waals surface area contributed by atoms with E-state index in [1.165, 1.54) is 18.4 Å². The van der Waals surface area contributed by atoms with Crippen molar-refractivity contribution >= 4 is 12.4 Å². The molecular weight excluding hydrogens is 220 g/mol. The number of carbonyl (C=O) groups excluding carboxylic acids is 1. The van der Waals surface area contributed by atoms with Gasteiger partial charge in [0.1, 0.15) is 6.29 Å². The topological polar surface area (TPSA) is 17.1 Å². The molecule has 1 aromatic rings. The lowest BCUT2D eigenvalue weighted by molar-refractivity contribution is -0.104. The smallest absolute Gasteiger partial charge is 0.145 e. The van der Waals surface area contributed by atoms with Crippen LogP contribution in [0.5, 0.6) is 0 Å². The van der Waals surface area contributed by atoms with Gasteiger partial charge < -0.3 is 0 Å². The van der Waals surface area contributed by atoms with Gasteiger partial charge in [-0.05, 0) is 48.0 Å². The highest BCUT2D eigenvalue weighted by Crippen LogP contribution is 2.32. The number of hydrogen-bond donors (Lipinski definition) is 0. The number of hydrogen-bond acceptors (Lipinski definition) is 1. The van der Waals surface area contributed by atoms with E-state index in [0.717, 1.165) is 23.8 Å². The molecule has 1 nitrogen and oxygen atoms in total. The van der Waals surface area contributed by atoms with Gasteiger partial charge in [0.15, 0.2) is 0 Å². The van der Waals surface area contributed by atoms with Crippen molar-refractivity contribution in [3.05, 3.63) is 41.0 Å². The molecule has 0 aliphatic carbocycles. The maximum absolute atomic E-state index is 10.6. The van der Waals surface area contributed by atoms with Crippen molar-refractivity contribution < 1.29 is 4.79 Å². The molecule has 1 rings (SSSR count). The van der Waals surface area contributed by atoms with Gasteiger partial charge in [-0.1, -0.05) is 51.5 Å². The van der Waals surface area contributed by atoms with Crippen LogP contribution in [-0.2, 0) is 10.2 Å². The van der Waals surface area contributed by atoms with Crippen molar-refractivity contribution in [1.82, 2.24) is 0 Å². The summed E-state index contributed by atoms with van der Waals surface area (Å²) in [6.45, 7) is 8.64. The minimum Gasteiger partial charge on any atom is -0.298 e. The Morgan fingerprint density at radius 3 is 2.28 bits per heavy atom. The molecule has 0 aliphatic rings. The van der Waals surface area contributed by atoms with Gasteiger partial charge in [0.25, 0.3) is 0 Å². The second-order valence-corrected chi connectivity index (χ2v) is 5.29. The van der Waals surface area contributed by atoms with Gasteiger partial charge in [0.2, 0.25) is 0 Å². The normalized spacial score (nSPS) is 15.2. The summed E-state index contributed by atoms with van der Waals surface area (Å²) in [5.74, 6) is 0. The number of aldehydes is 1. The van der Waals surface area contributed by atoms with E-state index >= 15 is 0 Å². The van der Waals surface area contributed by atoms with Crippen molar-refractivity contribution in [2.75, 3.05) is 0 Å². The van der Waals surface area contributed by atoms with Gasteiger partial charge in [0, 0.05) is 0 Å². The first-order chi connectivity index (χ1) is 8.55. The quantitative estimate of drug-likeness (QED) is 0.521. The predicted molar refractivity (Wildman–Crippen MR) is 78.7 cm³/mol. The zero-order valence-corrected chi connectivity index (χ0v) is 12.0. The van der Waals surface area contributed by atoms with E-state index in [9.17, 15) is 4.79 Å². The average molecular weight is 244 g/mol. The summed E-state index contributed by atoms with van der Waals surface area (Å²) in [7, 11) is 0. The summed E-state index contributed by atoms with van der Waals surface area (Å²) in [5.41, 5.74) is 3.53. The van der Waals surface area contributed by atoms with Crippen LogP contribution in [0, 0.1) is 0 Å². The highest BCUT2D eigenvalue weighted by atomic mass is 16.1. The maximum Gasteiger partial charge on any atom is 0.145 e. The largest absolute Gasteiger partial charge is 0.298 e. The number of rotatable bonds is 6. The standard InChI is InChI=1S/C17H24O/c1-5-11-17(4,6-2)16-9-7-15(8-10-16)12-14(3)13-18/h7-10,12-13H,5-6,11H2,1-4H3/b14-12+. The van der Waals surface area contributed by atoms with Crippen molar-refractivity contribution in [3.8, 4) is 0 Å². The van der Waals surface area contributed by atoms with Crippen LogP contribution in [0.1, 0.15) is 58.1 Å². The molecule has 0 radical (unpaired) electrons. The van der Waals surface area contributed by atoms with E-state index in [0.29, 0.717) is 0 Å². The monoisotopic (exact) mass is 244 g/mol. The van der Waals surface area contributed by atoms with Gasteiger partial charge in [-0.3, -0.25) is 4.79 Å². The first-order valence-corrected chi connectivity index (χ1v) is 6.79. The van der Waals surface area contributed by atoms with E-state index in [-0.39, 0.29) is 5.41 Å². The minimum atomic E-state index is 0.275. The third-order valence-corrected chi connectivity index (χ3v) is 3.77. The molecule has 0 spiro atoms. The van der Waals surface area contributed by atoms with Gasteiger partial charge in [0.05, 0.1) is 0 Å². The fourth-order valence-corrected chi connectivity index (χ4v) is 2.36. The summed E-state index contributed by atoms with van der Waals surface area (Å²) < 4.78 is 0. The zero-order valence-electron chi connectivity index (χ0n) is 12.0. The van der Waals surface area contributed by atoms with E-state index < -0.39 is 0 Å². The highest BCUT2D eigenvalue weighted by Gasteiger charge is 2.22. The molecule has 0 fully saturated rings. The number of allylic oxidation sites excluding steroid dienone is 1. The molecule has 1 aromatic carbocycles. The first-order valence-electron chi connectivity index (χ1n) is 6.79. The Kier molecular flexibility index (Phi) is 5.33. The molecule has 1 heteroatoms. The average Bonchev–Trinajstić information content (AvgIpc) is 2.39. The number of benzene rings is 1. The Labute approximate surface area is 111 Å². The summed E-state index contributed by atoms with van der Waals surface area (Å²) in [6.07, 6.45) is 6.38. The fraction of sp³-hybridized carbons (Fsp3) is 0.471. The van der Waals surface area contributed by atoms with E-state index in [2.05, 4.69) is 45.0 Å². The molecule has 0 amide bonds. The van der Waals surface area contributed by atoms with Crippen molar-refractivity contribution in [2.45, 2.75) is 52.4 Å². The second kappa shape index (κ2) is 6.53. The van der Waals surface area contributed by atoms with Crippen LogP contribution in [0.4, 0.5) is 0 Å². The van der Waals surface area contributed by atoms with Gasteiger partial charge >= 0.3 is 0 Å². The maximum atomic E-state index is 10.6. The van der Waals surface area contributed by atoms with Crippen LogP contribution >= 0.6 is 0 Å². The number of carbonyl (C=O) groups is 1. The molecule has 18 heavy (non-hydrogen) atoms. The molecule has 0 heterocycles. The lowest BCUT2D eigenvalue weighted by Crippen LogP contribution is -2.20. The lowest BCUT2D eigenvalue weighted by atomic mass is 9.76. The van der Waals surface area contributed by atoms with Gasteiger partial charge in [-0.15, -0.1) is 0 Å². The summed E-state index contributed by atoms with van der Waals surface area (Å²) >= 11 is 0. The van der Waals surface area contributed by atoms with Crippen LogP contribution in [-0.4, -0.2) is 6.29 Å². The predicted octanol–water partition coefficient (Wildman–Crippen LogP) is 4.76. The molecule has 0 saturated heterocycles. The summed E-state index contributed by atoms with van der Waals surface area (Å²) in [5, 5.41) is 0. The van der Waals surface area contributed by atoms with Crippen LogP contribution in [0.3, 0.4) is 0 Å². The third-order valence-electron chi connectivity index (χ3n) is 3.77. The molecule has 1 atom stereocenters. The minimum absolute atomic E-state index is 0.275. The van der Waals surface area contributed by atoms with E-state index in [1.54, 1.807) is 0 Å². The fourth-order valence-electron chi connectivity index (χ4n) is 2.36.